The number of likely N-dealkylation sites (tertiary alicyclic amines) is 1. The van der Waals surface area contributed by atoms with Gasteiger partial charge in [-0.25, -0.2) is 0 Å². The van der Waals surface area contributed by atoms with Gasteiger partial charge in [0.05, 0.1) is 12.2 Å². The third-order valence-electron chi connectivity index (χ3n) is 5.80. The fourth-order valence-electron chi connectivity index (χ4n) is 4.00. The average Bonchev–Trinajstić information content (AvgIpc) is 3.41. The van der Waals surface area contributed by atoms with Crippen LogP contribution in [0, 0.1) is 19.8 Å². The molecule has 1 amide bonds. The summed E-state index contributed by atoms with van der Waals surface area (Å²) in [5.74, 6) is -0.772. The molecule has 0 unspecified atom stereocenters. The van der Waals surface area contributed by atoms with E-state index >= 15 is 0 Å². The highest BCUT2D eigenvalue weighted by Crippen LogP contribution is 2.21. The van der Waals surface area contributed by atoms with E-state index in [0.29, 0.717) is 43.9 Å². The maximum atomic E-state index is 12.6. The Bertz CT molecular complexity index is 907. The molecule has 1 aliphatic heterocycles. The molecule has 2 aromatic rings. The zero-order valence-electron chi connectivity index (χ0n) is 18.4. The van der Waals surface area contributed by atoms with Crippen LogP contribution in [0.3, 0.4) is 0 Å². The topological polar surface area (TPSA) is 91.0 Å². The van der Waals surface area contributed by atoms with Crippen molar-refractivity contribution in [3.8, 4) is 0 Å². The number of amides is 1. The molecule has 3 rings (SSSR count). The van der Waals surface area contributed by atoms with Gasteiger partial charge < -0.3 is 23.4 Å². The molecule has 1 saturated heterocycles. The van der Waals surface area contributed by atoms with E-state index in [1.54, 1.807) is 24.1 Å². The smallest absolute Gasteiger partial charge is 0.309 e. The van der Waals surface area contributed by atoms with Crippen molar-refractivity contribution < 1.29 is 28.3 Å². The molecule has 3 heterocycles. The molecule has 168 valence electrons. The van der Waals surface area contributed by atoms with Gasteiger partial charge in [-0.2, -0.15) is 0 Å². The average molecular weight is 431 g/mol. The highest BCUT2D eigenvalue weighted by Gasteiger charge is 2.30. The Balaban J connectivity index is 1.48. The van der Waals surface area contributed by atoms with Crippen LogP contribution in [-0.2, 0) is 20.8 Å². The van der Waals surface area contributed by atoms with E-state index in [9.17, 15) is 14.4 Å². The van der Waals surface area contributed by atoms with Crippen LogP contribution in [0.4, 0.5) is 0 Å². The van der Waals surface area contributed by atoms with Crippen LogP contribution >= 0.6 is 0 Å². The number of ether oxygens (including phenoxy) is 2. The molecule has 0 N–H and O–H groups in total. The number of aromatic nitrogens is 1. The molecule has 0 bridgehead atoms. The normalized spacial score (nSPS) is 14.6. The summed E-state index contributed by atoms with van der Waals surface area (Å²) in [4.78, 5) is 39.1. The summed E-state index contributed by atoms with van der Waals surface area (Å²) in [5, 5.41) is 0. The number of aryl methyl sites for hydroxylation is 1. The van der Waals surface area contributed by atoms with Crippen molar-refractivity contribution in [1.29, 1.82) is 0 Å². The number of Topliss-reactive ketones (excluding diaryl/α,β-unsaturated/α-hetero) is 1. The lowest BCUT2D eigenvalue weighted by Crippen LogP contribution is -2.40. The highest BCUT2D eigenvalue weighted by atomic mass is 16.5. The lowest BCUT2D eigenvalue weighted by molar-refractivity contribution is -0.148. The summed E-state index contributed by atoms with van der Waals surface area (Å²) in [7, 11) is 1.67. The van der Waals surface area contributed by atoms with E-state index in [1.807, 2.05) is 19.9 Å². The minimum Gasteiger partial charge on any atom is -0.459 e. The molecule has 0 spiro atoms. The van der Waals surface area contributed by atoms with Gasteiger partial charge in [0.1, 0.15) is 0 Å². The number of hydrogen-bond donors (Lipinski definition) is 0. The van der Waals surface area contributed by atoms with Crippen molar-refractivity contribution in [2.45, 2.75) is 39.7 Å². The van der Waals surface area contributed by atoms with E-state index in [4.69, 9.17) is 13.9 Å². The second kappa shape index (κ2) is 10.4. The fraction of sp³-hybridized carbons (Fsp3) is 0.522. The summed E-state index contributed by atoms with van der Waals surface area (Å²) in [6, 6.07) is 5.14. The van der Waals surface area contributed by atoms with Crippen LogP contribution in [0.25, 0.3) is 0 Å². The van der Waals surface area contributed by atoms with Gasteiger partial charge >= 0.3 is 5.97 Å². The van der Waals surface area contributed by atoms with Crippen molar-refractivity contribution in [2.24, 2.45) is 5.92 Å². The van der Waals surface area contributed by atoms with Crippen molar-refractivity contribution in [2.75, 3.05) is 33.4 Å². The number of rotatable bonds is 9. The molecule has 8 nitrogen and oxygen atoms in total. The Kier molecular flexibility index (Phi) is 7.68. The summed E-state index contributed by atoms with van der Waals surface area (Å²) >= 11 is 0. The van der Waals surface area contributed by atoms with E-state index in [2.05, 4.69) is 4.57 Å². The standard InChI is InChI=1S/C23H30N2O6/c1-16-14-19(17(2)25(16)9-5-12-29-3)20(26)15-31-23(28)18-7-10-24(11-8-18)22(27)21-6-4-13-30-21/h4,6,13-14,18H,5,7-12,15H2,1-3H3. The van der Waals surface area contributed by atoms with Gasteiger partial charge in [-0.1, -0.05) is 0 Å². The molecule has 1 aliphatic rings. The molecule has 0 aliphatic carbocycles. The lowest BCUT2D eigenvalue weighted by Gasteiger charge is -2.30. The molecule has 31 heavy (non-hydrogen) atoms. The van der Waals surface area contributed by atoms with Crippen LogP contribution in [0.5, 0.6) is 0 Å². The Labute approximate surface area is 182 Å². The first-order valence-electron chi connectivity index (χ1n) is 10.6. The summed E-state index contributed by atoms with van der Waals surface area (Å²) in [6.45, 7) is 5.93. The van der Waals surface area contributed by atoms with Gasteiger partial charge in [-0.3, -0.25) is 14.4 Å². The molecule has 0 aromatic carbocycles. The number of carbonyl (C=O) groups is 3. The number of methoxy groups -OCH3 is 1. The van der Waals surface area contributed by atoms with Crippen molar-refractivity contribution in [3.05, 3.63) is 47.2 Å². The second-order valence-corrected chi connectivity index (χ2v) is 7.86. The van der Waals surface area contributed by atoms with E-state index in [-0.39, 0.29) is 30.2 Å². The fourth-order valence-corrected chi connectivity index (χ4v) is 4.00. The number of ketones is 1. The minimum atomic E-state index is -0.382. The van der Waals surface area contributed by atoms with Gasteiger partial charge in [0.2, 0.25) is 5.78 Å². The highest BCUT2D eigenvalue weighted by molar-refractivity contribution is 5.99. The van der Waals surface area contributed by atoms with E-state index < -0.39 is 0 Å². The van der Waals surface area contributed by atoms with Crippen LogP contribution < -0.4 is 0 Å². The largest absolute Gasteiger partial charge is 0.459 e. The Morgan fingerprint density at radius 3 is 2.58 bits per heavy atom. The van der Waals surface area contributed by atoms with E-state index in [0.717, 1.165) is 24.4 Å². The second-order valence-electron chi connectivity index (χ2n) is 7.86. The van der Waals surface area contributed by atoms with Crippen LogP contribution in [-0.4, -0.2) is 60.5 Å². The third kappa shape index (κ3) is 5.44. The first-order valence-corrected chi connectivity index (χ1v) is 10.6. The van der Waals surface area contributed by atoms with Crippen molar-refractivity contribution in [1.82, 2.24) is 9.47 Å². The number of esters is 1. The molecular weight excluding hydrogens is 400 g/mol. The van der Waals surface area contributed by atoms with Crippen LogP contribution in [0.2, 0.25) is 0 Å². The van der Waals surface area contributed by atoms with Crippen LogP contribution in [0.1, 0.15) is 51.6 Å². The zero-order chi connectivity index (χ0) is 22.4. The van der Waals surface area contributed by atoms with Crippen LogP contribution in [0.15, 0.2) is 28.9 Å². The minimum absolute atomic E-state index is 0.173. The Hall–Kier alpha value is -2.87. The molecule has 0 atom stereocenters. The van der Waals surface area contributed by atoms with E-state index in [1.165, 1.54) is 6.26 Å². The Morgan fingerprint density at radius 1 is 1.19 bits per heavy atom. The lowest BCUT2D eigenvalue weighted by atomic mass is 9.97. The maximum Gasteiger partial charge on any atom is 0.309 e. The van der Waals surface area contributed by atoms with Crippen molar-refractivity contribution in [3.63, 3.8) is 0 Å². The van der Waals surface area contributed by atoms with Gasteiger partial charge in [0.25, 0.3) is 5.91 Å². The monoisotopic (exact) mass is 430 g/mol. The SMILES string of the molecule is COCCCn1c(C)cc(C(=O)COC(=O)C2CCN(C(=O)c3ccco3)CC2)c1C. The first-order chi connectivity index (χ1) is 14.9. The van der Waals surface area contributed by atoms with Gasteiger partial charge in [0.15, 0.2) is 12.4 Å². The van der Waals surface area contributed by atoms with Gasteiger partial charge in [0, 0.05) is 50.3 Å². The third-order valence-corrected chi connectivity index (χ3v) is 5.80. The molecule has 0 saturated carbocycles. The Morgan fingerprint density at radius 2 is 1.94 bits per heavy atom. The first kappa shape index (κ1) is 22.8. The quantitative estimate of drug-likeness (QED) is 0.345. The number of nitrogens with zero attached hydrogens (tertiary/aromatic N) is 2. The summed E-state index contributed by atoms with van der Waals surface area (Å²) < 4.78 is 17.7. The number of carbonyl (C=O) groups excluding carboxylic acids is 3. The molecule has 0 radical (unpaired) electrons. The summed E-state index contributed by atoms with van der Waals surface area (Å²) in [6.07, 6.45) is 3.34. The van der Waals surface area contributed by atoms with Gasteiger partial charge in [-0.15, -0.1) is 0 Å². The molecule has 2 aromatic heterocycles. The maximum absolute atomic E-state index is 12.6. The number of furan rings is 1. The number of hydrogen-bond acceptors (Lipinski definition) is 6. The predicted octanol–water partition coefficient (Wildman–Crippen LogP) is 3.01. The van der Waals surface area contributed by atoms with Crippen molar-refractivity contribution >= 4 is 17.7 Å². The zero-order valence-corrected chi connectivity index (χ0v) is 18.4. The van der Waals surface area contributed by atoms with Gasteiger partial charge in [-0.05, 0) is 51.3 Å². The molecule has 1 fully saturated rings. The molecular formula is C23H30N2O6. The molecule has 8 heteroatoms. The number of piperidine rings is 1. The predicted molar refractivity (Wildman–Crippen MR) is 113 cm³/mol. The summed E-state index contributed by atoms with van der Waals surface area (Å²) in [5.41, 5.74) is 2.46.